The van der Waals surface area contributed by atoms with E-state index in [0.29, 0.717) is 0 Å². The second kappa shape index (κ2) is 9.02. The lowest BCUT2D eigenvalue weighted by atomic mass is 10.1. The summed E-state index contributed by atoms with van der Waals surface area (Å²) >= 11 is 0. The molecule has 6 nitrogen and oxygen atoms in total. The monoisotopic (exact) mass is 317 g/mol. The highest BCUT2D eigenvalue weighted by Crippen LogP contribution is 2.14. The molecule has 6 heteroatoms. The molecule has 0 saturated heterocycles. The van der Waals surface area contributed by atoms with Crippen molar-refractivity contribution in [2.75, 3.05) is 19.6 Å². The maximum absolute atomic E-state index is 5.19. The van der Waals surface area contributed by atoms with E-state index >= 15 is 0 Å². The Morgan fingerprint density at radius 3 is 2.70 bits per heavy atom. The van der Waals surface area contributed by atoms with Crippen LogP contribution in [0.5, 0.6) is 0 Å². The summed E-state index contributed by atoms with van der Waals surface area (Å²) in [4.78, 5) is 4.63. The summed E-state index contributed by atoms with van der Waals surface area (Å²) in [6.45, 7) is 9.45. The number of nitrogens with one attached hydrogen (secondary N) is 2. The quantitative estimate of drug-likeness (QED) is 0.445. The largest absolute Gasteiger partial charge is 0.361 e. The molecule has 0 unspecified atom stereocenters. The van der Waals surface area contributed by atoms with E-state index in [0.717, 1.165) is 56.4 Å². The third kappa shape index (κ3) is 5.47. The zero-order valence-corrected chi connectivity index (χ0v) is 14.3. The molecule has 0 atom stereocenters. The van der Waals surface area contributed by atoms with E-state index in [2.05, 4.69) is 44.7 Å². The van der Waals surface area contributed by atoms with Gasteiger partial charge in [0.15, 0.2) is 5.96 Å². The van der Waals surface area contributed by atoms with Crippen molar-refractivity contribution in [2.24, 2.45) is 4.99 Å². The van der Waals surface area contributed by atoms with Crippen molar-refractivity contribution in [2.45, 2.75) is 40.2 Å². The SMILES string of the molecule is CCNC(=NCCCc1c(C)noc1C)NCCn1cccc1. The molecular weight excluding hydrogens is 290 g/mol. The highest BCUT2D eigenvalue weighted by atomic mass is 16.5. The van der Waals surface area contributed by atoms with Crippen molar-refractivity contribution in [1.29, 1.82) is 0 Å². The Kier molecular flexibility index (Phi) is 6.72. The third-order valence-corrected chi connectivity index (χ3v) is 3.71. The van der Waals surface area contributed by atoms with Crippen LogP contribution >= 0.6 is 0 Å². The minimum atomic E-state index is 0.781. The second-order valence-electron chi connectivity index (χ2n) is 5.51. The lowest BCUT2D eigenvalue weighted by Crippen LogP contribution is -2.38. The summed E-state index contributed by atoms with van der Waals surface area (Å²) < 4.78 is 7.33. The fourth-order valence-corrected chi connectivity index (χ4v) is 2.47. The highest BCUT2D eigenvalue weighted by Gasteiger charge is 2.07. The number of aryl methyl sites for hydroxylation is 2. The standard InChI is InChI=1S/C17H27N5O/c1-4-18-17(20-10-13-22-11-5-6-12-22)19-9-7-8-16-14(2)21-23-15(16)3/h5-6,11-12H,4,7-10,13H2,1-3H3,(H2,18,19,20). The van der Waals surface area contributed by atoms with E-state index in [1.807, 2.05) is 26.0 Å². The Hall–Kier alpha value is -2.24. The van der Waals surface area contributed by atoms with Gasteiger partial charge in [-0.25, -0.2) is 0 Å². The van der Waals surface area contributed by atoms with Crippen LogP contribution in [-0.2, 0) is 13.0 Å². The van der Waals surface area contributed by atoms with Gasteiger partial charge in [0.05, 0.1) is 5.69 Å². The zero-order chi connectivity index (χ0) is 16.5. The molecule has 2 aromatic rings. The maximum atomic E-state index is 5.19. The summed E-state index contributed by atoms with van der Waals surface area (Å²) in [5.74, 6) is 1.79. The first kappa shape index (κ1) is 17.1. The number of hydrogen-bond acceptors (Lipinski definition) is 3. The normalized spacial score (nSPS) is 11.7. The first-order valence-electron chi connectivity index (χ1n) is 8.25. The number of hydrogen-bond donors (Lipinski definition) is 2. The van der Waals surface area contributed by atoms with Gasteiger partial charge in [-0.15, -0.1) is 0 Å². The lowest BCUT2D eigenvalue weighted by molar-refractivity contribution is 0.392. The van der Waals surface area contributed by atoms with E-state index in [4.69, 9.17) is 4.52 Å². The molecule has 0 amide bonds. The molecule has 0 saturated carbocycles. The van der Waals surface area contributed by atoms with Crippen molar-refractivity contribution >= 4 is 5.96 Å². The van der Waals surface area contributed by atoms with E-state index in [1.54, 1.807) is 0 Å². The van der Waals surface area contributed by atoms with Gasteiger partial charge in [0.1, 0.15) is 5.76 Å². The predicted octanol–water partition coefficient (Wildman–Crippen LogP) is 2.28. The molecule has 0 fully saturated rings. The van der Waals surface area contributed by atoms with Crippen LogP contribution in [0.4, 0.5) is 0 Å². The molecule has 2 aromatic heterocycles. The summed E-state index contributed by atoms with van der Waals surface area (Å²) in [5.41, 5.74) is 2.20. The van der Waals surface area contributed by atoms with Crippen LogP contribution < -0.4 is 10.6 Å². The molecule has 2 heterocycles. The van der Waals surface area contributed by atoms with Crippen molar-refractivity contribution in [3.8, 4) is 0 Å². The van der Waals surface area contributed by atoms with Gasteiger partial charge in [-0.1, -0.05) is 5.16 Å². The fraction of sp³-hybridized carbons (Fsp3) is 0.529. The molecule has 23 heavy (non-hydrogen) atoms. The van der Waals surface area contributed by atoms with Crippen molar-refractivity contribution in [1.82, 2.24) is 20.4 Å². The summed E-state index contributed by atoms with van der Waals surface area (Å²) in [5, 5.41) is 10.6. The molecule has 0 aliphatic rings. The molecule has 126 valence electrons. The van der Waals surface area contributed by atoms with Crippen molar-refractivity contribution in [3.05, 3.63) is 41.5 Å². The Balaban J connectivity index is 1.74. The number of aliphatic imine (C=N–C) groups is 1. The Labute approximate surface area is 138 Å². The molecule has 0 aliphatic heterocycles. The summed E-state index contributed by atoms with van der Waals surface area (Å²) in [6.07, 6.45) is 6.06. The number of guanidine groups is 1. The fourth-order valence-electron chi connectivity index (χ4n) is 2.47. The molecular formula is C17H27N5O. The molecule has 2 N–H and O–H groups in total. The van der Waals surface area contributed by atoms with Crippen LogP contribution in [0.2, 0.25) is 0 Å². The average Bonchev–Trinajstić information content (AvgIpc) is 3.15. The topological polar surface area (TPSA) is 67.4 Å². The Bertz CT molecular complexity index is 581. The van der Waals surface area contributed by atoms with E-state index < -0.39 is 0 Å². The molecule has 2 rings (SSSR count). The van der Waals surface area contributed by atoms with Gasteiger partial charge in [-0.2, -0.15) is 0 Å². The average molecular weight is 317 g/mol. The van der Waals surface area contributed by atoms with Gasteiger partial charge in [-0.3, -0.25) is 4.99 Å². The molecule has 0 aromatic carbocycles. The third-order valence-electron chi connectivity index (χ3n) is 3.71. The van der Waals surface area contributed by atoms with Crippen LogP contribution in [0, 0.1) is 13.8 Å². The van der Waals surface area contributed by atoms with E-state index in [1.165, 1.54) is 5.56 Å². The Morgan fingerprint density at radius 1 is 1.26 bits per heavy atom. The number of aromatic nitrogens is 2. The van der Waals surface area contributed by atoms with Gasteiger partial charge in [-0.05, 0) is 45.7 Å². The van der Waals surface area contributed by atoms with Crippen LogP contribution in [0.15, 0.2) is 34.0 Å². The second-order valence-corrected chi connectivity index (χ2v) is 5.51. The zero-order valence-electron chi connectivity index (χ0n) is 14.3. The Morgan fingerprint density at radius 2 is 2.04 bits per heavy atom. The summed E-state index contributed by atoms with van der Waals surface area (Å²) in [6, 6.07) is 4.07. The molecule has 0 bridgehead atoms. The van der Waals surface area contributed by atoms with Crippen molar-refractivity contribution < 1.29 is 4.52 Å². The van der Waals surface area contributed by atoms with Crippen LogP contribution in [-0.4, -0.2) is 35.3 Å². The predicted molar refractivity (Wildman–Crippen MR) is 92.7 cm³/mol. The van der Waals surface area contributed by atoms with Gasteiger partial charge in [0.25, 0.3) is 0 Å². The van der Waals surface area contributed by atoms with Crippen LogP contribution in [0.25, 0.3) is 0 Å². The van der Waals surface area contributed by atoms with Gasteiger partial charge in [0, 0.05) is 44.1 Å². The first-order chi connectivity index (χ1) is 11.2. The van der Waals surface area contributed by atoms with Gasteiger partial charge >= 0.3 is 0 Å². The molecule has 0 spiro atoms. The number of nitrogens with zero attached hydrogens (tertiary/aromatic N) is 3. The van der Waals surface area contributed by atoms with Gasteiger partial charge in [0.2, 0.25) is 0 Å². The minimum absolute atomic E-state index is 0.781. The smallest absolute Gasteiger partial charge is 0.191 e. The maximum Gasteiger partial charge on any atom is 0.191 e. The first-order valence-corrected chi connectivity index (χ1v) is 8.25. The summed E-state index contributed by atoms with van der Waals surface area (Å²) in [7, 11) is 0. The van der Waals surface area contributed by atoms with Crippen LogP contribution in [0.3, 0.4) is 0 Å². The minimum Gasteiger partial charge on any atom is -0.361 e. The van der Waals surface area contributed by atoms with Crippen molar-refractivity contribution in [3.63, 3.8) is 0 Å². The molecule has 0 radical (unpaired) electrons. The number of rotatable bonds is 8. The molecule has 0 aliphatic carbocycles. The van der Waals surface area contributed by atoms with Crippen LogP contribution in [0.1, 0.15) is 30.4 Å². The van der Waals surface area contributed by atoms with E-state index in [-0.39, 0.29) is 0 Å². The van der Waals surface area contributed by atoms with E-state index in [9.17, 15) is 0 Å². The van der Waals surface area contributed by atoms with Gasteiger partial charge < -0.3 is 19.7 Å². The lowest BCUT2D eigenvalue weighted by Gasteiger charge is -2.11. The highest BCUT2D eigenvalue weighted by molar-refractivity contribution is 5.79.